The van der Waals surface area contributed by atoms with Crippen molar-refractivity contribution in [2.75, 3.05) is 25.7 Å². The third kappa shape index (κ3) is 3.36. The number of ether oxygens (including phenoxy) is 2. The predicted octanol–water partition coefficient (Wildman–Crippen LogP) is 4.29. The van der Waals surface area contributed by atoms with E-state index in [2.05, 4.69) is 0 Å². The maximum absolute atomic E-state index is 14.1. The zero-order chi connectivity index (χ0) is 22.2. The van der Waals surface area contributed by atoms with E-state index >= 15 is 0 Å². The second-order valence-electron chi connectivity index (χ2n) is 8.33. The van der Waals surface area contributed by atoms with E-state index in [9.17, 15) is 9.59 Å². The van der Waals surface area contributed by atoms with Crippen molar-refractivity contribution in [1.82, 2.24) is 4.90 Å². The molecule has 1 fully saturated rings. The normalized spacial score (nSPS) is 21.9. The Hall–Kier alpha value is -3.28. The van der Waals surface area contributed by atoms with Gasteiger partial charge in [0.1, 0.15) is 11.2 Å². The molecule has 2 heterocycles. The largest absolute Gasteiger partial charge is 0.497 e. The molecule has 2 aromatic rings. The number of hydrogen-bond acceptors (Lipinski definition) is 4. The molecule has 6 nitrogen and oxygen atoms in total. The number of allylic oxidation sites excluding steroid dienone is 1. The molecule has 1 spiro atoms. The van der Waals surface area contributed by atoms with Gasteiger partial charge in [-0.3, -0.25) is 4.79 Å². The highest BCUT2D eigenvalue weighted by Crippen LogP contribution is 2.52. The van der Waals surface area contributed by atoms with Gasteiger partial charge in [0.15, 0.2) is 0 Å². The van der Waals surface area contributed by atoms with E-state index in [-0.39, 0.29) is 5.91 Å². The van der Waals surface area contributed by atoms with Crippen molar-refractivity contribution >= 4 is 17.7 Å². The van der Waals surface area contributed by atoms with Crippen molar-refractivity contribution in [3.05, 3.63) is 71.3 Å². The number of anilines is 1. The molecule has 162 valence electrons. The lowest BCUT2D eigenvalue weighted by molar-refractivity contribution is -0.123. The first-order valence-electron chi connectivity index (χ1n) is 10.5. The second-order valence-corrected chi connectivity index (χ2v) is 8.33. The molecular formula is C25H28N2O4. The first-order chi connectivity index (χ1) is 14.9. The Morgan fingerprint density at radius 2 is 1.90 bits per heavy atom. The number of nitrogens with zero attached hydrogens (tertiary/aromatic N) is 2. The van der Waals surface area contributed by atoms with Crippen LogP contribution in [-0.4, -0.2) is 43.7 Å². The van der Waals surface area contributed by atoms with Gasteiger partial charge in [0.2, 0.25) is 5.91 Å². The van der Waals surface area contributed by atoms with Crippen LogP contribution in [0.15, 0.2) is 60.2 Å². The third-order valence-corrected chi connectivity index (χ3v) is 6.27. The van der Waals surface area contributed by atoms with Gasteiger partial charge in [-0.05, 0) is 37.5 Å². The second kappa shape index (κ2) is 8.10. The zero-order valence-electron chi connectivity index (χ0n) is 18.4. The highest BCUT2D eigenvalue weighted by molar-refractivity contribution is 6.09. The molecule has 4 rings (SSSR count). The first-order valence-corrected chi connectivity index (χ1v) is 10.5. The fourth-order valence-corrected chi connectivity index (χ4v) is 4.87. The van der Waals surface area contributed by atoms with Gasteiger partial charge in [-0.15, -0.1) is 0 Å². The summed E-state index contributed by atoms with van der Waals surface area (Å²) in [6.45, 7) is 4.88. The topological polar surface area (TPSA) is 59.1 Å². The standard InChI is InChI=1S/C25H28N2O4/c1-17(2)14-22-25(12-13-26(22)24(29)31-4)20-11-10-19(30-3)15-21(20)27(23(25)28)16-18-8-6-5-7-9-18/h5-11,14-15,22H,12-13,16H2,1-4H3. The minimum absolute atomic E-state index is 0.00788. The van der Waals surface area contributed by atoms with E-state index in [1.165, 1.54) is 7.11 Å². The van der Waals surface area contributed by atoms with E-state index < -0.39 is 17.6 Å². The zero-order valence-corrected chi connectivity index (χ0v) is 18.4. The molecule has 0 radical (unpaired) electrons. The van der Waals surface area contributed by atoms with Crippen LogP contribution in [0.1, 0.15) is 31.4 Å². The number of likely N-dealkylation sites (tertiary alicyclic amines) is 1. The van der Waals surface area contributed by atoms with Crippen LogP contribution in [0.2, 0.25) is 0 Å². The lowest BCUT2D eigenvalue weighted by Crippen LogP contribution is -2.50. The Bertz CT molecular complexity index is 1030. The maximum Gasteiger partial charge on any atom is 0.410 e. The smallest absolute Gasteiger partial charge is 0.410 e. The summed E-state index contributed by atoms with van der Waals surface area (Å²) in [7, 11) is 3.00. The molecule has 6 heteroatoms. The molecule has 0 N–H and O–H groups in total. The van der Waals surface area contributed by atoms with Gasteiger partial charge in [-0.25, -0.2) is 4.79 Å². The summed E-state index contributed by atoms with van der Waals surface area (Å²) in [5.41, 5.74) is 3.02. The monoisotopic (exact) mass is 420 g/mol. The van der Waals surface area contributed by atoms with Crippen molar-refractivity contribution in [1.29, 1.82) is 0 Å². The molecule has 1 saturated heterocycles. The summed E-state index contributed by atoms with van der Waals surface area (Å²) >= 11 is 0. The molecule has 0 saturated carbocycles. The summed E-state index contributed by atoms with van der Waals surface area (Å²) in [5, 5.41) is 0. The predicted molar refractivity (Wildman–Crippen MR) is 119 cm³/mol. The van der Waals surface area contributed by atoms with Crippen LogP contribution < -0.4 is 9.64 Å². The molecule has 0 aromatic heterocycles. The van der Waals surface area contributed by atoms with Crippen LogP contribution >= 0.6 is 0 Å². The molecule has 2 amide bonds. The Morgan fingerprint density at radius 3 is 2.55 bits per heavy atom. The SMILES string of the molecule is COC(=O)N1CCC2(C(=O)N(Cc3ccccc3)c3cc(OC)ccc32)C1C=C(C)C. The van der Waals surface area contributed by atoms with Crippen LogP contribution in [-0.2, 0) is 21.5 Å². The molecule has 2 aliphatic rings. The maximum atomic E-state index is 14.1. The summed E-state index contributed by atoms with van der Waals surface area (Å²) in [5.74, 6) is 0.705. The Morgan fingerprint density at radius 1 is 1.16 bits per heavy atom. The molecule has 2 unspecified atom stereocenters. The summed E-state index contributed by atoms with van der Waals surface area (Å²) in [6, 6.07) is 15.3. The Balaban J connectivity index is 1.87. The van der Waals surface area contributed by atoms with Crippen molar-refractivity contribution < 1.29 is 19.1 Å². The van der Waals surface area contributed by atoms with E-state index in [1.807, 2.05) is 73.4 Å². The fraction of sp³-hybridized carbons (Fsp3) is 0.360. The van der Waals surface area contributed by atoms with Gasteiger partial charge in [-0.1, -0.05) is 48.0 Å². The van der Waals surface area contributed by atoms with Crippen molar-refractivity contribution in [2.24, 2.45) is 0 Å². The summed E-state index contributed by atoms with van der Waals surface area (Å²) in [4.78, 5) is 30.2. The van der Waals surface area contributed by atoms with Gasteiger partial charge in [0.25, 0.3) is 0 Å². The van der Waals surface area contributed by atoms with Crippen LogP contribution in [0.4, 0.5) is 10.5 Å². The molecule has 0 bridgehead atoms. The minimum atomic E-state index is -0.845. The number of amides is 2. The summed E-state index contributed by atoms with van der Waals surface area (Å²) in [6.07, 6.45) is 2.14. The number of carbonyl (C=O) groups is 2. The number of hydrogen-bond donors (Lipinski definition) is 0. The van der Waals surface area contributed by atoms with E-state index in [0.29, 0.717) is 25.3 Å². The number of methoxy groups -OCH3 is 2. The van der Waals surface area contributed by atoms with Gasteiger partial charge in [0.05, 0.1) is 32.5 Å². The molecule has 31 heavy (non-hydrogen) atoms. The van der Waals surface area contributed by atoms with Crippen LogP contribution in [0, 0.1) is 0 Å². The number of fused-ring (bicyclic) bond motifs is 2. The Kier molecular flexibility index (Phi) is 5.48. The fourth-order valence-electron chi connectivity index (χ4n) is 4.87. The highest BCUT2D eigenvalue weighted by atomic mass is 16.5. The van der Waals surface area contributed by atoms with Crippen LogP contribution in [0.25, 0.3) is 0 Å². The molecule has 0 aliphatic carbocycles. The van der Waals surface area contributed by atoms with Gasteiger partial charge >= 0.3 is 6.09 Å². The summed E-state index contributed by atoms with van der Waals surface area (Å²) < 4.78 is 10.5. The average molecular weight is 421 g/mol. The highest BCUT2D eigenvalue weighted by Gasteiger charge is 2.60. The number of benzene rings is 2. The number of rotatable bonds is 4. The molecule has 2 aromatic carbocycles. The van der Waals surface area contributed by atoms with Crippen LogP contribution in [0.3, 0.4) is 0 Å². The van der Waals surface area contributed by atoms with E-state index in [1.54, 1.807) is 12.0 Å². The van der Waals surface area contributed by atoms with Crippen LogP contribution in [0.5, 0.6) is 5.75 Å². The lowest BCUT2D eigenvalue weighted by Gasteiger charge is -2.32. The van der Waals surface area contributed by atoms with E-state index in [4.69, 9.17) is 9.47 Å². The lowest BCUT2D eigenvalue weighted by atomic mass is 9.74. The van der Waals surface area contributed by atoms with Crippen molar-refractivity contribution in [3.63, 3.8) is 0 Å². The quantitative estimate of drug-likeness (QED) is 0.693. The van der Waals surface area contributed by atoms with E-state index in [0.717, 1.165) is 22.4 Å². The average Bonchev–Trinajstić information content (AvgIpc) is 3.25. The third-order valence-electron chi connectivity index (χ3n) is 6.27. The molecule has 2 aliphatic heterocycles. The van der Waals surface area contributed by atoms with Gasteiger partial charge < -0.3 is 19.3 Å². The van der Waals surface area contributed by atoms with Gasteiger partial charge in [0, 0.05) is 12.6 Å². The minimum Gasteiger partial charge on any atom is -0.497 e. The van der Waals surface area contributed by atoms with Gasteiger partial charge in [-0.2, -0.15) is 0 Å². The first kappa shape index (κ1) is 21.0. The number of carbonyl (C=O) groups excluding carboxylic acids is 2. The molecular weight excluding hydrogens is 392 g/mol. The molecule has 2 atom stereocenters. The van der Waals surface area contributed by atoms with Crippen molar-refractivity contribution in [2.45, 2.75) is 38.3 Å². The Labute approximate surface area is 183 Å². The van der Waals surface area contributed by atoms with Crippen molar-refractivity contribution in [3.8, 4) is 5.75 Å².